The van der Waals surface area contributed by atoms with Crippen LogP contribution in [0.5, 0.6) is 0 Å². The lowest BCUT2D eigenvalue weighted by Crippen LogP contribution is -2.18. The third-order valence-electron chi connectivity index (χ3n) is 2.96. The first-order valence-electron chi connectivity index (χ1n) is 5.01. The van der Waals surface area contributed by atoms with Crippen molar-refractivity contribution in [3.63, 3.8) is 0 Å². The number of hydrogen-bond donors (Lipinski definition) is 1. The van der Waals surface area contributed by atoms with Crippen LogP contribution in [0.1, 0.15) is 35.2 Å². The number of ketones is 1. The lowest BCUT2D eigenvalue weighted by molar-refractivity contribution is 0.0920. The van der Waals surface area contributed by atoms with Crippen LogP contribution < -0.4 is 5.73 Å². The molecule has 1 heterocycles. The predicted octanol–water partition coefficient (Wildman–Crippen LogP) is 1.90. The molecule has 2 atom stereocenters. The van der Waals surface area contributed by atoms with Crippen molar-refractivity contribution in [2.45, 2.75) is 32.2 Å². The van der Waals surface area contributed by atoms with Crippen LogP contribution in [-0.2, 0) is 0 Å². The number of carbonyl (C=O) groups excluding carboxylic acids is 1. The Hall–Kier alpha value is -1.09. The van der Waals surface area contributed by atoms with Crippen LogP contribution in [0.3, 0.4) is 0 Å². The molecule has 1 fully saturated rings. The smallest absolute Gasteiger partial charge is 0.169 e. The van der Waals surface area contributed by atoms with Gasteiger partial charge in [0.15, 0.2) is 5.78 Å². The number of hydrogen-bond acceptors (Lipinski definition) is 3. The molecular formula is C11H15NO2. The quantitative estimate of drug-likeness (QED) is 0.730. The summed E-state index contributed by atoms with van der Waals surface area (Å²) in [6.07, 6.45) is 5.87. The molecule has 2 N–H and O–H groups in total. The molecule has 3 nitrogen and oxygen atoms in total. The fourth-order valence-corrected chi connectivity index (χ4v) is 2.09. The zero-order valence-corrected chi connectivity index (χ0v) is 8.32. The Labute approximate surface area is 83.3 Å². The molecule has 0 bridgehead atoms. The van der Waals surface area contributed by atoms with E-state index in [1.165, 1.54) is 0 Å². The Morgan fingerprint density at radius 1 is 1.50 bits per heavy atom. The van der Waals surface area contributed by atoms with Crippen molar-refractivity contribution in [2.75, 3.05) is 0 Å². The monoisotopic (exact) mass is 193 g/mol. The Bertz CT molecular complexity index is 343. The number of nitrogens with two attached hydrogens (primary N) is 1. The SMILES string of the molecule is Cc1cocc1C(=O)C1CCC(N)C1. The van der Waals surface area contributed by atoms with Crippen LogP contribution in [-0.4, -0.2) is 11.8 Å². The molecule has 1 aromatic rings. The minimum absolute atomic E-state index is 0.112. The molecule has 3 heteroatoms. The van der Waals surface area contributed by atoms with Crippen molar-refractivity contribution in [3.8, 4) is 0 Å². The maximum absolute atomic E-state index is 12.0. The highest BCUT2D eigenvalue weighted by Gasteiger charge is 2.29. The highest BCUT2D eigenvalue weighted by molar-refractivity contribution is 5.98. The molecule has 0 aromatic carbocycles. The van der Waals surface area contributed by atoms with Gasteiger partial charge in [-0.05, 0) is 31.7 Å². The summed E-state index contributed by atoms with van der Waals surface area (Å²) < 4.78 is 5.00. The summed E-state index contributed by atoms with van der Waals surface area (Å²) in [6.45, 7) is 1.89. The highest BCUT2D eigenvalue weighted by atomic mass is 16.3. The average Bonchev–Trinajstić information content (AvgIpc) is 2.73. The highest BCUT2D eigenvalue weighted by Crippen LogP contribution is 2.28. The van der Waals surface area contributed by atoms with Gasteiger partial charge in [0.25, 0.3) is 0 Å². The van der Waals surface area contributed by atoms with E-state index in [1.54, 1.807) is 12.5 Å². The second kappa shape index (κ2) is 3.58. The number of furan rings is 1. The molecule has 14 heavy (non-hydrogen) atoms. The van der Waals surface area contributed by atoms with Gasteiger partial charge in [-0.2, -0.15) is 0 Å². The minimum Gasteiger partial charge on any atom is -0.472 e. The largest absolute Gasteiger partial charge is 0.472 e. The van der Waals surface area contributed by atoms with Gasteiger partial charge in [-0.3, -0.25) is 4.79 Å². The Kier molecular flexibility index (Phi) is 2.42. The molecule has 1 saturated carbocycles. The van der Waals surface area contributed by atoms with E-state index in [0.717, 1.165) is 30.4 Å². The molecule has 1 aliphatic carbocycles. The topological polar surface area (TPSA) is 56.2 Å². The maximum atomic E-state index is 12.0. The molecule has 1 aromatic heterocycles. The first-order valence-corrected chi connectivity index (χ1v) is 5.01. The van der Waals surface area contributed by atoms with Crippen molar-refractivity contribution in [1.82, 2.24) is 0 Å². The van der Waals surface area contributed by atoms with E-state index in [-0.39, 0.29) is 17.7 Å². The first-order chi connectivity index (χ1) is 6.68. The van der Waals surface area contributed by atoms with Crippen molar-refractivity contribution >= 4 is 5.78 Å². The second-order valence-electron chi connectivity index (χ2n) is 4.10. The third-order valence-corrected chi connectivity index (χ3v) is 2.96. The number of Topliss-reactive ketones (excluding diaryl/α,β-unsaturated/α-hetero) is 1. The van der Waals surface area contributed by atoms with Gasteiger partial charge in [0, 0.05) is 12.0 Å². The zero-order valence-electron chi connectivity index (χ0n) is 8.32. The lowest BCUT2D eigenvalue weighted by Gasteiger charge is -2.06. The predicted molar refractivity (Wildman–Crippen MR) is 53.1 cm³/mol. The van der Waals surface area contributed by atoms with Gasteiger partial charge < -0.3 is 10.2 Å². The van der Waals surface area contributed by atoms with E-state index in [2.05, 4.69) is 0 Å². The summed E-state index contributed by atoms with van der Waals surface area (Å²) in [5, 5.41) is 0. The minimum atomic E-state index is 0.112. The van der Waals surface area contributed by atoms with E-state index in [1.807, 2.05) is 6.92 Å². The van der Waals surface area contributed by atoms with E-state index in [9.17, 15) is 4.79 Å². The molecule has 2 rings (SSSR count). The molecular weight excluding hydrogens is 178 g/mol. The molecule has 2 unspecified atom stereocenters. The van der Waals surface area contributed by atoms with Gasteiger partial charge in [0.2, 0.25) is 0 Å². The summed E-state index contributed by atoms with van der Waals surface area (Å²) >= 11 is 0. The normalized spacial score (nSPS) is 26.7. The maximum Gasteiger partial charge on any atom is 0.169 e. The number of aryl methyl sites for hydroxylation is 1. The first kappa shape index (κ1) is 9.46. The Balaban J connectivity index is 2.13. The van der Waals surface area contributed by atoms with Crippen LogP contribution in [0.2, 0.25) is 0 Å². The van der Waals surface area contributed by atoms with Gasteiger partial charge in [-0.1, -0.05) is 0 Å². The van der Waals surface area contributed by atoms with Gasteiger partial charge in [0.1, 0.15) is 6.26 Å². The van der Waals surface area contributed by atoms with Crippen LogP contribution in [0.15, 0.2) is 16.9 Å². The van der Waals surface area contributed by atoms with Crippen LogP contribution in [0.4, 0.5) is 0 Å². The van der Waals surface area contributed by atoms with Crippen molar-refractivity contribution in [2.24, 2.45) is 11.7 Å². The molecule has 1 aliphatic rings. The average molecular weight is 193 g/mol. The third kappa shape index (κ3) is 1.60. The molecule has 76 valence electrons. The standard InChI is InChI=1S/C11H15NO2/c1-7-5-14-6-10(7)11(13)8-2-3-9(12)4-8/h5-6,8-9H,2-4,12H2,1H3. The van der Waals surface area contributed by atoms with E-state index in [4.69, 9.17) is 10.2 Å². The van der Waals surface area contributed by atoms with Gasteiger partial charge >= 0.3 is 0 Å². The van der Waals surface area contributed by atoms with Crippen molar-refractivity contribution in [3.05, 3.63) is 23.7 Å². The van der Waals surface area contributed by atoms with E-state index < -0.39 is 0 Å². The van der Waals surface area contributed by atoms with Gasteiger partial charge in [0.05, 0.1) is 11.8 Å². The zero-order chi connectivity index (χ0) is 10.1. The summed E-state index contributed by atoms with van der Waals surface area (Å²) in [4.78, 5) is 12.0. The second-order valence-corrected chi connectivity index (χ2v) is 4.10. The lowest BCUT2D eigenvalue weighted by atomic mass is 9.96. The van der Waals surface area contributed by atoms with E-state index in [0.29, 0.717) is 0 Å². The molecule has 0 aliphatic heterocycles. The number of carbonyl (C=O) groups is 1. The van der Waals surface area contributed by atoms with Crippen LogP contribution >= 0.6 is 0 Å². The Morgan fingerprint density at radius 2 is 2.29 bits per heavy atom. The van der Waals surface area contributed by atoms with Crippen molar-refractivity contribution < 1.29 is 9.21 Å². The summed E-state index contributed by atoms with van der Waals surface area (Å²) in [5.41, 5.74) is 7.43. The summed E-state index contributed by atoms with van der Waals surface area (Å²) in [7, 11) is 0. The number of rotatable bonds is 2. The van der Waals surface area contributed by atoms with Gasteiger partial charge in [-0.25, -0.2) is 0 Å². The van der Waals surface area contributed by atoms with E-state index >= 15 is 0 Å². The fraction of sp³-hybridized carbons (Fsp3) is 0.545. The molecule has 0 radical (unpaired) electrons. The summed E-state index contributed by atoms with van der Waals surface area (Å²) in [5.74, 6) is 0.311. The summed E-state index contributed by atoms with van der Waals surface area (Å²) in [6, 6.07) is 0.205. The molecule has 0 spiro atoms. The van der Waals surface area contributed by atoms with Crippen LogP contribution in [0, 0.1) is 12.8 Å². The molecule has 0 amide bonds. The molecule has 0 saturated heterocycles. The van der Waals surface area contributed by atoms with Gasteiger partial charge in [-0.15, -0.1) is 0 Å². The Morgan fingerprint density at radius 3 is 2.79 bits per heavy atom. The van der Waals surface area contributed by atoms with Crippen molar-refractivity contribution in [1.29, 1.82) is 0 Å². The van der Waals surface area contributed by atoms with Crippen LogP contribution in [0.25, 0.3) is 0 Å². The fourth-order valence-electron chi connectivity index (χ4n) is 2.09.